The maximum atomic E-state index is 13.1. The summed E-state index contributed by atoms with van der Waals surface area (Å²) >= 11 is 0. The normalized spacial score (nSPS) is 10.4. The van der Waals surface area contributed by atoms with E-state index in [4.69, 9.17) is 15.2 Å². The molecule has 0 aromatic heterocycles. The molecule has 0 aliphatic carbocycles. The van der Waals surface area contributed by atoms with E-state index in [1.54, 1.807) is 12.1 Å². The summed E-state index contributed by atoms with van der Waals surface area (Å²) in [6, 6.07) is 8.58. The fourth-order valence-corrected chi connectivity index (χ4v) is 1.82. The molecule has 0 fully saturated rings. The van der Waals surface area contributed by atoms with Gasteiger partial charge in [0.1, 0.15) is 18.2 Å². The summed E-state index contributed by atoms with van der Waals surface area (Å²) < 4.78 is 36.9. The molecule has 3 nitrogen and oxygen atoms in total. The molecule has 0 spiro atoms. The van der Waals surface area contributed by atoms with Crippen molar-refractivity contribution in [2.24, 2.45) is 5.73 Å². The van der Waals surface area contributed by atoms with E-state index in [-0.39, 0.29) is 6.61 Å². The Balaban J connectivity index is 2.17. The van der Waals surface area contributed by atoms with E-state index in [0.29, 0.717) is 23.6 Å². The Labute approximate surface area is 115 Å². The van der Waals surface area contributed by atoms with Gasteiger partial charge in [-0.2, -0.15) is 0 Å². The van der Waals surface area contributed by atoms with Crippen LogP contribution in [-0.4, -0.2) is 7.11 Å². The van der Waals surface area contributed by atoms with Crippen LogP contribution in [-0.2, 0) is 13.2 Å². The predicted molar refractivity (Wildman–Crippen MR) is 71.6 cm³/mol. The minimum absolute atomic E-state index is 0.0407. The van der Waals surface area contributed by atoms with E-state index in [9.17, 15) is 8.78 Å². The second kappa shape index (κ2) is 6.34. The minimum atomic E-state index is -0.633. The van der Waals surface area contributed by atoms with Crippen LogP contribution < -0.4 is 15.2 Å². The van der Waals surface area contributed by atoms with Crippen LogP contribution in [0.1, 0.15) is 11.1 Å². The lowest BCUT2D eigenvalue weighted by molar-refractivity contribution is 0.283. The van der Waals surface area contributed by atoms with Gasteiger partial charge in [-0.15, -0.1) is 0 Å². The zero-order valence-corrected chi connectivity index (χ0v) is 11.0. The highest BCUT2D eigenvalue weighted by Crippen LogP contribution is 2.28. The highest BCUT2D eigenvalue weighted by Gasteiger charge is 2.07. The van der Waals surface area contributed by atoms with E-state index in [0.717, 1.165) is 11.6 Å². The van der Waals surface area contributed by atoms with Gasteiger partial charge in [0, 0.05) is 12.6 Å². The number of hydrogen-bond donors (Lipinski definition) is 1. The van der Waals surface area contributed by atoms with Gasteiger partial charge in [-0.25, -0.2) is 8.78 Å². The first-order chi connectivity index (χ1) is 9.62. The van der Waals surface area contributed by atoms with E-state index in [2.05, 4.69) is 0 Å². The molecule has 106 valence electrons. The molecule has 0 amide bonds. The van der Waals surface area contributed by atoms with Gasteiger partial charge in [0.05, 0.1) is 7.11 Å². The Bertz CT molecular complexity index is 582. The van der Waals surface area contributed by atoms with Gasteiger partial charge in [-0.1, -0.05) is 6.07 Å². The van der Waals surface area contributed by atoms with Crippen molar-refractivity contribution in [3.05, 3.63) is 59.2 Å². The average Bonchev–Trinajstić information content (AvgIpc) is 2.43. The van der Waals surface area contributed by atoms with Gasteiger partial charge in [0.25, 0.3) is 0 Å². The largest absolute Gasteiger partial charge is 0.493 e. The maximum absolute atomic E-state index is 13.1. The zero-order chi connectivity index (χ0) is 14.5. The van der Waals surface area contributed by atoms with Crippen molar-refractivity contribution in [2.45, 2.75) is 13.2 Å². The summed E-state index contributed by atoms with van der Waals surface area (Å²) in [7, 11) is 1.52. The second-order valence-corrected chi connectivity index (χ2v) is 4.26. The third-order valence-corrected chi connectivity index (χ3v) is 2.78. The molecule has 2 aromatic carbocycles. The number of benzene rings is 2. The molecule has 0 radical (unpaired) electrons. The van der Waals surface area contributed by atoms with Crippen molar-refractivity contribution in [3.8, 4) is 11.5 Å². The Kier molecular flexibility index (Phi) is 4.53. The van der Waals surface area contributed by atoms with Crippen molar-refractivity contribution in [1.82, 2.24) is 0 Å². The van der Waals surface area contributed by atoms with E-state index in [1.807, 2.05) is 6.07 Å². The van der Waals surface area contributed by atoms with Crippen molar-refractivity contribution in [1.29, 1.82) is 0 Å². The molecule has 20 heavy (non-hydrogen) atoms. The summed E-state index contributed by atoms with van der Waals surface area (Å²) in [6.45, 7) is 0.411. The van der Waals surface area contributed by atoms with E-state index in [1.165, 1.54) is 19.2 Å². The van der Waals surface area contributed by atoms with E-state index >= 15 is 0 Å². The van der Waals surface area contributed by atoms with Crippen LogP contribution in [0.15, 0.2) is 36.4 Å². The van der Waals surface area contributed by atoms with Crippen LogP contribution in [0.4, 0.5) is 8.78 Å². The van der Waals surface area contributed by atoms with Crippen molar-refractivity contribution in [3.63, 3.8) is 0 Å². The van der Waals surface area contributed by atoms with Crippen LogP contribution in [0, 0.1) is 11.6 Å². The summed E-state index contributed by atoms with van der Waals surface area (Å²) in [5.41, 5.74) is 6.85. The number of methoxy groups -OCH3 is 1. The third-order valence-electron chi connectivity index (χ3n) is 2.78. The zero-order valence-electron chi connectivity index (χ0n) is 11.0. The molecular formula is C15H15F2NO2. The number of rotatable bonds is 5. The summed E-state index contributed by atoms with van der Waals surface area (Å²) in [5, 5.41) is 0. The van der Waals surface area contributed by atoms with Crippen LogP contribution in [0.3, 0.4) is 0 Å². The van der Waals surface area contributed by atoms with Crippen molar-refractivity contribution < 1.29 is 18.3 Å². The van der Waals surface area contributed by atoms with Gasteiger partial charge in [0.2, 0.25) is 0 Å². The lowest BCUT2D eigenvalue weighted by Crippen LogP contribution is -2.01. The molecule has 0 aliphatic heterocycles. The van der Waals surface area contributed by atoms with Crippen molar-refractivity contribution in [2.75, 3.05) is 7.11 Å². The van der Waals surface area contributed by atoms with Crippen LogP contribution in [0.2, 0.25) is 0 Å². The maximum Gasteiger partial charge on any atom is 0.161 e. The van der Waals surface area contributed by atoms with Crippen molar-refractivity contribution >= 4 is 0 Å². The van der Waals surface area contributed by atoms with Crippen LogP contribution >= 0.6 is 0 Å². The Morgan fingerprint density at radius 1 is 0.950 bits per heavy atom. The topological polar surface area (TPSA) is 44.5 Å². The number of hydrogen-bond acceptors (Lipinski definition) is 3. The summed E-state index contributed by atoms with van der Waals surface area (Å²) in [6.07, 6.45) is 0. The fraction of sp³-hybridized carbons (Fsp3) is 0.200. The lowest BCUT2D eigenvalue weighted by atomic mass is 10.2. The smallest absolute Gasteiger partial charge is 0.161 e. The highest BCUT2D eigenvalue weighted by molar-refractivity contribution is 5.43. The average molecular weight is 279 g/mol. The molecule has 0 bridgehead atoms. The Morgan fingerprint density at radius 3 is 2.25 bits per heavy atom. The SMILES string of the molecule is COc1ccc(CN)cc1OCc1cc(F)cc(F)c1. The second-order valence-electron chi connectivity index (χ2n) is 4.26. The molecular weight excluding hydrogens is 264 g/mol. The molecule has 0 saturated heterocycles. The predicted octanol–water partition coefficient (Wildman–Crippen LogP) is 3.01. The molecule has 0 saturated carbocycles. The number of halogens is 2. The van der Waals surface area contributed by atoms with Gasteiger partial charge >= 0.3 is 0 Å². The monoisotopic (exact) mass is 279 g/mol. The molecule has 0 atom stereocenters. The summed E-state index contributed by atoms with van der Waals surface area (Å²) in [5.74, 6) is -0.239. The molecule has 0 unspecified atom stereocenters. The van der Waals surface area contributed by atoms with Crippen LogP contribution in [0.25, 0.3) is 0 Å². The molecule has 5 heteroatoms. The highest BCUT2D eigenvalue weighted by atomic mass is 19.1. The third kappa shape index (κ3) is 3.45. The van der Waals surface area contributed by atoms with Gasteiger partial charge in [0.15, 0.2) is 11.5 Å². The lowest BCUT2D eigenvalue weighted by Gasteiger charge is -2.12. The minimum Gasteiger partial charge on any atom is -0.493 e. The van der Waals surface area contributed by atoms with E-state index < -0.39 is 11.6 Å². The molecule has 0 heterocycles. The first-order valence-electron chi connectivity index (χ1n) is 6.07. The van der Waals surface area contributed by atoms with Crippen LogP contribution in [0.5, 0.6) is 11.5 Å². The Morgan fingerprint density at radius 2 is 1.65 bits per heavy atom. The molecule has 2 aromatic rings. The molecule has 2 rings (SSSR count). The molecule has 2 N–H and O–H groups in total. The fourth-order valence-electron chi connectivity index (χ4n) is 1.82. The quantitative estimate of drug-likeness (QED) is 0.915. The molecule has 0 aliphatic rings. The standard InChI is InChI=1S/C15H15F2NO2/c1-19-14-3-2-10(8-18)6-15(14)20-9-11-4-12(16)7-13(17)5-11/h2-7H,8-9,18H2,1H3. The summed E-state index contributed by atoms with van der Waals surface area (Å²) in [4.78, 5) is 0. The number of ether oxygens (including phenoxy) is 2. The van der Waals surface area contributed by atoms with Gasteiger partial charge in [-0.3, -0.25) is 0 Å². The first kappa shape index (κ1) is 14.3. The Hall–Kier alpha value is -2.14. The number of nitrogens with two attached hydrogens (primary N) is 1. The first-order valence-corrected chi connectivity index (χ1v) is 6.07. The van der Waals surface area contributed by atoms with Gasteiger partial charge in [-0.05, 0) is 35.4 Å². The van der Waals surface area contributed by atoms with Gasteiger partial charge < -0.3 is 15.2 Å².